The zero-order valence-corrected chi connectivity index (χ0v) is 22.6. The van der Waals surface area contributed by atoms with Gasteiger partial charge in [-0.25, -0.2) is 0 Å². The average molecular weight is 503 g/mol. The number of aliphatic hydroxyl groups excluding tert-OH is 1. The Morgan fingerprint density at radius 2 is 1.76 bits per heavy atom. The number of rotatable bonds is 10. The van der Waals surface area contributed by atoms with Gasteiger partial charge < -0.3 is 19.3 Å². The third-order valence-corrected chi connectivity index (χ3v) is 6.94. The van der Waals surface area contributed by atoms with E-state index in [0.717, 1.165) is 53.7 Å². The molecule has 5 heteroatoms. The van der Waals surface area contributed by atoms with Crippen LogP contribution in [0.4, 0.5) is 0 Å². The Morgan fingerprint density at radius 3 is 2.46 bits per heavy atom. The summed E-state index contributed by atoms with van der Waals surface area (Å²) in [7, 11) is 0. The Bertz CT molecular complexity index is 1260. The molecule has 5 nitrogen and oxygen atoms in total. The summed E-state index contributed by atoms with van der Waals surface area (Å²) >= 11 is 0. The number of carbonyl (C=O) groups is 1. The normalized spacial score (nSPS) is 14.0. The maximum Gasteiger partial charge on any atom is 0.203 e. The molecule has 0 fully saturated rings. The number of ether oxygens (including phenoxy) is 3. The van der Waals surface area contributed by atoms with Crippen LogP contribution in [0.25, 0.3) is 0 Å². The smallest absolute Gasteiger partial charge is 0.203 e. The van der Waals surface area contributed by atoms with E-state index >= 15 is 0 Å². The minimum Gasteiger partial charge on any atom is -0.488 e. The molecule has 0 spiro atoms. The molecule has 1 heterocycles. The van der Waals surface area contributed by atoms with Gasteiger partial charge in [0.1, 0.15) is 29.5 Å². The molecule has 0 radical (unpaired) electrons. The third-order valence-electron chi connectivity index (χ3n) is 6.94. The maximum absolute atomic E-state index is 13.4. The van der Waals surface area contributed by atoms with Gasteiger partial charge in [0.15, 0.2) is 6.61 Å². The molecule has 37 heavy (non-hydrogen) atoms. The largest absolute Gasteiger partial charge is 0.488 e. The molecule has 0 bridgehead atoms. The van der Waals surface area contributed by atoms with Crippen molar-refractivity contribution in [2.45, 2.75) is 79.1 Å². The average Bonchev–Trinajstić information content (AvgIpc) is 2.86. The standard InChI is InChI=1S/C32H38O5/c1-6-7-23-12-13-25(29(17-23)35-19-24-10-8-21(2)9-11-24)28(34)20-36-31-26-14-15-32(4,5)37-30(26)16-22(3)27(31)18-33/h8-13,16-17,33H,6-7,14-15,18-20H2,1-5H3. The lowest BCUT2D eigenvalue weighted by Crippen LogP contribution is -2.33. The number of aryl methyl sites for hydroxylation is 3. The lowest BCUT2D eigenvalue weighted by molar-refractivity contribution is 0.0811. The molecule has 0 amide bonds. The van der Waals surface area contributed by atoms with Crippen molar-refractivity contribution in [2.75, 3.05) is 6.61 Å². The van der Waals surface area contributed by atoms with Crippen LogP contribution < -0.4 is 14.2 Å². The first kappa shape index (κ1) is 26.7. The molecular formula is C32H38O5. The number of Topliss-reactive ketones (excluding diaryl/α,β-unsaturated/α-hetero) is 1. The molecule has 1 N–H and O–H groups in total. The van der Waals surface area contributed by atoms with Crippen LogP contribution in [0, 0.1) is 13.8 Å². The van der Waals surface area contributed by atoms with Gasteiger partial charge in [-0.3, -0.25) is 4.79 Å². The first-order valence-corrected chi connectivity index (χ1v) is 13.1. The van der Waals surface area contributed by atoms with Crippen molar-refractivity contribution in [3.8, 4) is 17.2 Å². The summed E-state index contributed by atoms with van der Waals surface area (Å²) in [5.74, 6) is 1.72. The monoisotopic (exact) mass is 502 g/mol. The van der Waals surface area contributed by atoms with Gasteiger partial charge in [0.2, 0.25) is 5.78 Å². The van der Waals surface area contributed by atoms with Gasteiger partial charge in [0, 0.05) is 11.1 Å². The summed E-state index contributed by atoms with van der Waals surface area (Å²) < 4.78 is 18.5. The number of aliphatic hydroxyl groups is 1. The topological polar surface area (TPSA) is 65.0 Å². The van der Waals surface area contributed by atoms with Gasteiger partial charge in [-0.2, -0.15) is 0 Å². The van der Waals surface area contributed by atoms with Crippen molar-refractivity contribution in [1.82, 2.24) is 0 Å². The number of hydrogen-bond acceptors (Lipinski definition) is 5. The lowest BCUT2D eigenvalue weighted by atomic mass is 9.91. The van der Waals surface area contributed by atoms with E-state index < -0.39 is 0 Å². The molecule has 0 saturated heterocycles. The molecule has 3 aromatic rings. The van der Waals surface area contributed by atoms with Crippen LogP contribution in [-0.4, -0.2) is 23.1 Å². The predicted molar refractivity (Wildman–Crippen MR) is 146 cm³/mol. The van der Waals surface area contributed by atoms with E-state index in [0.29, 0.717) is 29.2 Å². The molecule has 0 aliphatic carbocycles. The molecule has 3 aromatic carbocycles. The zero-order valence-electron chi connectivity index (χ0n) is 22.6. The van der Waals surface area contributed by atoms with Crippen LogP contribution in [0.15, 0.2) is 48.5 Å². The summed E-state index contributed by atoms with van der Waals surface area (Å²) in [4.78, 5) is 13.4. The van der Waals surface area contributed by atoms with Crippen LogP contribution >= 0.6 is 0 Å². The summed E-state index contributed by atoms with van der Waals surface area (Å²) in [5.41, 5.74) is 6.09. The van der Waals surface area contributed by atoms with Crippen molar-refractivity contribution in [3.05, 3.63) is 87.5 Å². The van der Waals surface area contributed by atoms with E-state index in [1.54, 1.807) is 0 Å². The summed E-state index contributed by atoms with van der Waals surface area (Å²) in [6.07, 6.45) is 3.51. The van der Waals surface area contributed by atoms with Crippen LogP contribution in [-0.2, 0) is 26.1 Å². The Kier molecular flexibility index (Phi) is 8.23. The molecule has 0 atom stereocenters. The lowest BCUT2D eigenvalue weighted by Gasteiger charge is -2.34. The Balaban J connectivity index is 1.57. The molecule has 4 rings (SSSR count). The second-order valence-electron chi connectivity index (χ2n) is 10.6. The predicted octanol–water partition coefficient (Wildman–Crippen LogP) is 6.69. The number of carbonyl (C=O) groups excluding carboxylic acids is 1. The van der Waals surface area contributed by atoms with E-state index in [1.807, 2.05) is 43.3 Å². The summed E-state index contributed by atoms with van der Waals surface area (Å²) in [6.45, 7) is 10.3. The fourth-order valence-electron chi connectivity index (χ4n) is 4.74. The zero-order chi connectivity index (χ0) is 26.6. The van der Waals surface area contributed by atoms with E-state index in [2.05, 4.69) is 39.8 Å². The van der Waals surface area contributed by atoms with Gasteiger partial charge in [0.25, 0.3) is 0 Å². The molecule has 0 unspecified atom stereocenters. The molecule has 0 saturated carbocycles. The van der Waals surface area contributed by atoms with E-state index in [1.165, 1.54) is 5.56 Å². The highest BCUT2D eigenvalue weighted by atomic mass is 16.5. The van der Waals surface area contributed by atoms with E-state index in [4.69, 9.17) is 14.2 Å². The van der Waals surface area contributed by atoms with Crippen molar-refractivity contribution in [2.24, 2.45) is 0 Å². The number of hydrogen-bond donors (Lipinski definition) is 1. The van der Waals surface area contributed by atoms with Gasteiger partial charge >= 0.3 is 0 Å². The number of benzene rings is 3. The van der Waals surface area contributed by atoms with Gasteiger partial charge in [-0.15, -0.1) is 0 Å². The fourth-order valence-corrected chi connectivity index (χ4v) is 4.74. The van der Waals surface area contributed by atoms with Crippen LogP contribution in [0.2, 0.25) is 0 Å². The molecule has 1 aliphatic rings. The Morgan fingerprint density at radius 1 is 1.03 bits per heavy atom. The molecule has 0 aromatic heterocycles. The quantitative estimate of drug-likeness (QED) is 0.313. The Labute approximate surface area is 220 Å². The van der Waals surface area contributed by atoms with Crippen LogP contribution in [0.1, 0.15) is 77.4 Å². The summed E-state index contributed by atoms with van der Waals surface area (Å²) in [6, 6.07) is 15.9. The van der Waals surface area contributed by atoms with Gasteiger partial charge in [-0.05, 0) is 81.8 Å². The number of fused-ring (bicyclic) bond motifs is 1. The highest BCUT2D eigenvalue weighted by Crippen LogP contribution is 2.42. The maximum atomic E-state index is 13.4. The second-order valence-corrected chi connectivity index (χ2v) is 10.6. The highest BCUT2D eigenvalue weighted by molar-refractivity contribution is 6.00. The fraction of sp³-hybridized carbons (Fsp3) is 0.406. The van der Waals surface area contributed by atoms with Crippen molar-refractivity contribution in [3.63, 3.8) is 0 Å². The van der Waals surface area contributed by atoms with E-state index in [-0.39, 0.29) is 24.6 Å². The first-order chi connectivity index (χ1) is 17.7. The first-order valence-electron chi connectivity index (χ1n) is 13.1. The Hall–Kier alpha value is -3.31. The van der Waals surface area contributed by atoms with Crippen molar-refractivity contribution >= 4 is 5.78 Å². The minimum absolute atomic E-state index is 0.152. The molecular weight excluding hydrogens is 464 g/mol. The molecule has 1 aliphatic heterocycles. The SMILES string of the molecule is CCCc1ccc(C(=O)COc2c(CO)c(C)cc3c2CCC(C)(C)O3)c(OCc2ccc(C)cc2)c1. The molecule has 196 valence electrons. The van der Waals surface area contributed by atoms with Gasteiger partial charge in [0.05, 0.1) is 12.2 Å². The van der Waals surface area contributed by atoms with Gasteiger partial charge in [-0.1, -0.05) is 49.2 Å². The van der Waals surface area contributed by atoms with Crippen LogP contribution in [0.5, 0.6) is 17.2 Å². The van der Waals surface area contributed by atoms with Crippen molar-refractivity contribution in [1.29, 1.82) is 0 Å². The highest BCUT2D eigenvalue weighted by Gasteiger charge is 2.31. The third kappa shape index (κ3) is 6.34. The second kappa shape index (κ2) is 11.4. The minimum atomic E-state index is -0.267. The van der Waals surface area contributed by atoms with E-state index in [9.17, 15) is 9.90 Å². The van der Waals surface area contributed by atoms with Crippen LogP contribution in [0.3, 0.4) is 0 Å². The summed E-state index contributed by atoms with van der Waals surface area (Å²) in [5, 5.41) is 10.1. The van der Waals surface area contributed by atoms with Crippen molar-refractivity contribution < 1.29 is 24.1 Å². The number of ketones is 1.